The first kappa shape index (κ1) is 34.5. The summed E-state index contributed by atoms with van der Waals surface area (Å²) in [4.78, 5) is 10.2. The van der Waals surface area contributed by atoms with Crippen LogP contribution in [0.3, 0.4) is 0 Å². The predicted octanol–water partition coefficient (Wildman–Crippen LogP) is 5.77. The van der Waals surface area contributed by atoms with Crippen molar-refractivity contribution in [2.75, 3.05) is 20.1 Å². The fraction of sp³-hybridized carbons (Fsp3) is 0.367. The van der Waals surface area contributed by atoms with Crippen LogP contribution in [0.25, 0.3) is 11.1 Å². The third-order valence-electron chi connectivity index (χ3n) is 6.77. The molecule has 0 fully saturated rings. The monoisotopic (exact) mass is 644 g/mol. The number of nitrogens with zero attached hydrogens (tertiary/aromatic N) is 1. The molecular formula is C30H33ClF4N2O5S. The van der Waals surface area contributed by atoms with Gasteiger partial charge in [-0.1, -0.05) is 41.9 Å². The van der Waals surface area contributed by atoms with E-state index in [1.165, 1.54) is 24.3 Å². The molecule has 0 aliphatic rings. The van der Waals surface area contributed by atoms with Gasteiger partial charge in [0.15, 0.2) is 0 Å². The van der Waals surface area contributed by atoms with Gasteiger partial charge in [-0.2, -0.15) is 17.5 Å². The number of nitrogens with one attached hydrogen (secondary N) is 1. The van der Waals surface area contributed by atoms with E-state index in [0.29, 0.717) is 29.2 Å². The second-order valence-electron chi connectivity index (χ2n) is 11.0. The van der Waals surface area contributed by atoms with Crippen molar-refractivity contribution in [3.63, 3.8) is 0 Å². The average Bonchev–Trinajstić information content (AvgIpc) is 2.92. The van der Waals surface area contributed by atoms with Gasteiger partial charge in [0, 0.05) is 32.1 Å². The Hall–Kier alpha value is -3.03. The zero-order valence-corrected chi connectivity index (χ0v) is 25.3. The Morgan fingerprint density at radius 2 is 1.63 bits per heavy atom. The van der Waals surface area contributed by atoms with Gasteiger partial charge in [-0.05, 0) is 79.3 Å². The van der Waals surface area contributed by atoms with Crippen LogP contribution >= 0.6 is 11.6 Å². The third-order valence-corrected chi connectivity index (χ3v) is 8.88. The Morgan fingerprint density at radius 3 is 2.21 bits per heavy atom. The number of rotatable bonds is 13. The van der Waals surface area contributed by atoms with E-state index in [4.69, 9.17) is 16.7 Å². The zero-order valence-electron chi connectivity index (χ0n) is 23.8. The van der Waals surface area contributed by atoms with Gasteiger partial charge in [-0.15, -0.1) is 0 Å². The van der Waals surface area contributed by atoms with E-state index in [0.717, 1.165) is 23.5 Å². The van der Waals surface area contributed by atoms with Crippen molar-refractivity contribution in [3.05, 3.63) is 88.2 Å². The van der Waals surface area contributed by atoms with Crippen LogP contribution in [0.1, 0.15) is 37.0 Å². The van der Waals surface area contributed by atoms with Gasteiger partial charge in [-0.3, -0.25) is 4.79 Å². The lowest BCUT2D eigenvalue weighted by atomic mass is 9.94. The zero-order chi connectivity index (χ0) is 32.2. The molecule has 3 aromatic carbocycles. The molecule has 0 aliphatic heterocycles. The number of benzene rings is 3. The summed E-state index contributed by atoms with van der Waals surface area (Å²) in [6.07, 6.45) is -5.56. The lowest BCUT2D eigenvalue weighted by molar-refractivity contribution is -0.138. The van der Waals surface area contributed by atoms with Gasteiger partial charge in [0.25, 0.3) is 0 Å². The molecule has 43 heavy (non-hydrogen) atoms. The second kappa shape index (κ2) is 13.7. The Morgan fingerprint density at radius 1 is 1.00 bits per heavy atom. The molecule has 0 radical (unpaired) electrons. The van der Waals surface area contributed by atoms with Crippen LogP contribution in [-0.4, -0.2) is 60.7 Å². The highest BCUT2D eigenvalue weighted by Crippen LogP contribution is 2.35. The number of halogens is 5. The highest BCUT2D eigenvalue weighted by Gasteiger charge is 2.34. The van der Waals surface area contributed by atoms with Crippen LogP contribution < -0.4 is 5.32 Å². The summed E-state index contributed by atoms with van der Waals surface area (Å²) in [5.41, 5.74) is -0.140. The van der Waals surface area contributed by atoms with E-state index in [2.05, 4.69) is 5.32 Å². The predicted molar refractivity (Wildman–Crippen MR) is 156 cm³/mol. The summed E-state index contributed by atoms with van der Waals surface area (Å²) in [5.74, 6) is -1.55. The van der Waals surface area contributed by atoms with Crippen molar-refractivity contribution >= 4 is 27.6 Å². The molecule has 234 valence electrons. The number of aliphatic carboxylic acids is 1. The molecule has 0 saturated heterocycles. The first-order chi connectivity index (χ1) is 19.9. The number of carboxylic acids is 1. The van der Waals surface area contributed by atoms with E-state index in [-0.39, 0.29) is 30.0 Å². The van der Waals surface area contributed by atoms with E-state index in [9.17, 15) is 35.9 Å². The maximum Gasteiger partial charge on any atom is 0.416 e. The van der Waals surface area contributed by atoms with Crippen LogP contribution in [0.4, 0.5) is 17.6 Å². The SMILES string of the molecule is CN(C[C@H](O)CNC(C)(C)Cc1ccc(Cl)c(F)c1)S(=O)(=O)c1cc(-c2ccc(CCC(=O)O)cc2)cc(C(F)(F)F)c1. The molecule has 0 saturated carbocycles. The Bertz CT molecular complexity index is 1550. The quantitative estimate of drug-likeness (QED) is 0.204. The molecule has 7 nitrogen and oxygen atoms in total. The first-order valence-corrected chi connectivity index (χ1v) is 15.1. The molecular weight excluding hydrogens is 612 g/mol. The van der Waals surface area contributed by atoms with Gasteiger partial charge < -0.3 is 15.5 Å². The number of hydrogen-bond donors (Lipinski definition) is 3. The third kappa shape index (κ3) is 9.73. The Balaban J connectivity index is 1.76. The molecule has 3 aromatic rings. The van der Waals surface area contributed by atoms with E-state index < -0.39 is 56.6 Å². The molecule has 13 heteroatoms. The summed E-state index contributed by atoms with van der Waals surface area (Å²) in [5, 5.41) is 22.6. The molecule has 1 atom stereocenters. The molecule has 0 bridgehead atoms. The lowest BCUT2D eigenvalue weighted by Crippen LogP contribution is -2.47. The maximum atomic E-state index is 13.8. The number of sulfonamides is 1. The van der Waals surface area contributed by atoms with Crippen LogP contribution in [-0.2, 0) is 33.8 Å². The van der Waals surface area contributed by atoms with Gasteiger partial charge >= 0.3 is 12.1 Å². The smallest absolute Gasteiger partial charge is 0.416 e. The van der Waals surface area contributed by atoms with Gasteiger partial charge in [0.05, 0.1) is 21.6 Å². The minimum atomic E-state index is -4.83. The number of aryl methyl sites for hydroxylation is 1. The van der Waals surface area contributed by atoms with Crippen molar-refractivity contribution in [3.8, 4) is 11.1 Å². The number of carbonyl (C=O) groups is 1. The van der Waals surface area contributed by atoms with Gasteiger partial charge in [-0.25, -0.2) is 12.8 Å². The highest BCUT2D eigenvalue weighted by atomic mass is 35.5. The second-order valence-corrected chi connectivity index (χ2v) is 13.4. The van der Waals surface area contributed by atoms with Crippen LogP contribution in [0.2, 0.25) is 5.02 Å². The largest absolute Gasteiger partial charge is 0.481 e. The molecule has 0 amide bonds. The average molecular weight is 645 g/mol. The summed E-state index contributed by atoms with van der Waals surface area (Å²) >= 11 is 5.73. The fourth-order valence-electron chi connectivity index (χ4n) is 4.45. The van der Waals surface area contributed by atoms with Crippen LogP contribution in [0, 0.1) is 5.82 Å². The van der Waals surface area contributed by atoms with Gasteiger partial charge in [0.2, 0.25) is 10.0 Å². The number of β-amino-alcohol motifs (C(OH)–C–C–N with tert-alkyl or cyclic N) is 1. The van der Waals surface area contributed by atoms with Crippen molar-refractivity contribution in [2.24, 2.45) is 0 Å². The molecule has 3 rings (SSSR count). The summed E-state index contributed by atoms with van der Waals surface area (Å²) < 4.78 is 82.6. The normalized spacial score (nSPS) is 13.3. The molecule has 0 aromatic heterocycles. The van der Waals surface area contributed by atoms with Crippen LogP contribution in [0.15, 0.2) is 65.6 Å². The standard InChI is InChI=1S/C30H33ClF4N2O5S/c1-29(2,16-20-6-10-26(31)27(32)12-20)36-17-24(38)18-37(3)43(41,42)25-14-22(13-23(15-25)30(33,34)35)21-8-4-19(5-9-21)7-11-28(39)40/h4-6,8-10,12-15,24,36,38H,7,11,16-18H2,1-3H3,(H,39,40)/t24-/m1/s1. The minimum Gasteiger partial charge on any atom is -0.481 e. The Kier molecular flexibility index (Phi) is 11.0. The topological polar surface area (TPSA) is 107 Å². The van der Waals surface area contributed by atoms with Crippen molar-refractivity contribution in [2.45, 2.75) is 55.8 Å². The minimum absolute atomic E-state index is 0.00652. The van der Waals surface area contributed by atoms with Crippen molar-refractivity contribution < 1.29 is 41.0 Å². The highest BCUT2D eigenvalue weighted by molar-refractivity contribution is 7.89. The van der Waals surface area contributed by atoms with E-state index in [1.54, 1.807) is 18.2 Å². The van der Waals surface area contributed by atoms with Crippen molar-refractivity contribution in [1.82, 2.24) is 9.62 Å². The number of aliphatic hydroxyl groups is 1. The number of alkyl halides is 3. The Labute approximate surface area is 253 Å². The number of hydrogen-bond acceptors (Lipinski definition) is 5. The molecule has 3 N–H and O–H groups in total. The first-order valence-electron chi connectivity index (χ1n) is 13.2. The van der Waals surface area contributed by atoms with Gasteiger partial charge in [0.1, 0.15) is 5.82 Å². The summed E-state index contributed by atoms with van der Waals surface area (Å²) in [6, 6.07) is 13.1. The molecule has 0 aliphatic carbocycles. The van der Waals surface area contributed by atoms with Crippen LogP contribution in [0.5, 0.6) is 0 Å². The molecule has 0 heterocycles. The van der Waals surface area contributed by atoms with E-state index in [1.807, 2.05) is 13.8 Å². The number of carboxylic acid groups (broad SMARTS) is 1. The number of aliphatic hydroxyl groups excluding tert-OH is 1. The number of likely N-dealkylation sites (N-methyl/N-ethyl adjacent to an activating group) is 1. The lowest BCUT2D eigenvalue weighted by Gasteiger charge is -2.29. The van der Waals surface area contributed by atoms with E-state index >= 15 is 0 Å². The maximum absolute atomic E-state index is 13.8. The molecule has 0 spiro atoms. The fourth-order valence-corrected chi connectivity index (χ4v) is 5.85. The molecule has 0 unspecified atom stereocenters. The summed E-state index contributed by atoms with van der Waals surface area (Å²) in [7, 11) is -3.29. The summed E-state index contributed by atoms with van der Waals surface area (Å²) in [6.45, 7) is 3.17. The van der Waals surface area contributed by atoms with Crippen molar-refractivity contribution in [1.29, 1.82) is 0 Å².